The molecule has 0 bridgehead atoms. The van der Waals surface area contributed by atoms with Crippen molar-refractivity contribution in [1.29, 1.82) is 0 Å². The maximum absolute atomic E-state index is 12.9. The molecular formula is C20H20F2N2O4. The second-order valence-corrected chi connectivity index (χ2v) is 6.65. The van der Waals surface area contributed by atoms with E-state index in [4.69, 9.17) is 13.9 Å². The van der Waals surface area contributed by atoms with E-state index in [1.165, 1.54) is 12.3 Å². The van der Waals surface area contributed by atoms with E-state index >= 15 is 0 Å². The van der Waals surface area contributed by atoms with Gasteiger partial charge in [0.05, 0.1) is 25.0 Å². The summed E-state index contributed by atoms with van der Waals surface area (Å²) in [5, 5.41) is 0. The van der Waals surface area contributed by atoms with Crippen molar-refractivity contribution in [2.75, 3.05) is 13.2 Å². The Bertz CT molecular complexity index is 957. The number of fused-ring (bicyclic) bond motifs is 1. The van der Waals surface area contributed by atoms with Crippen molar-refractivity contribution >= 4 is 11.1 Å². The van der Waals surface area contributed by atoms with Crippen LogP contribution in [0.25, 0.3) is 22.6 Å². The molecule has 1 aromatic carbocycles. The maximum Gasteiger partial charge on any atom is 0.387 e. The highest BCUT2D eigenvalue weighted by Gasteiger charge is 2.23. The van der Waals surface area contributed by atoms with E-state index in [9.17, 15) is 8.78 Å². The topological polar surface area (TPSA) is 66.6 Å². The quantitative estimate of drug-likeness (QED) is 0.508. The SMILES string of the molecule is CCCOc1cc2oc(-c3ccc(OCC4CC4)cc3OC(F)F)nc2cn1. The predicted octanol–water partition coefficient (Wildman–Crippen LogP) is 5.07. The van der Waals surface area contributed by atoms with Crippen LogP contribution in [0.15, 0.2) is 34.9 Å². The number of ether oxygens (including phenoxy) is 3. The molecule has 2 heterocycles. The molecule has 0 amide bonds. The van der Waals surface area contributed by atoms with Gasteiger partial charge in [0.25, 0.3) is 0 Å². The van der Waals surface area contributed by atoms with Crippen molar-refractivity contribution in [2.45, 2.75) is 32.8 Å². The van der Waals surface area contributed by atoms with Gasteiger partial charge in [0, 0.05) is 12.1 Å². The molecule has 1 aliphatic rings. The molecule has 148 valence electrons. The van der Waals surface area contributed by atoms with Gasteiger partial charge in [-0.1, -0.05) is 6.92 Å². The van der Waals surface area contributed by atoms with Crippen LogP contribution in [0.1, 0.15) is 26.2 Å². The summed E-state index contributed by atoms with van der Waals surface area (Å²) in [4.78, 5) is 8.50. The van der Waals surface area contributed by atoms with Crippen molar-refractivity contribution in [3.8, 4) is 28.8 Å². The van der Waals surface area contributed by atoms with E-state index in [-0.39, 0.29) is 11.6 Å². The minimum atomic E-state index is -2.97. The maximum atomic E-state index is 12.9. The van der Waals surface area contributed by atoms with Crippen LogP contribution in [-0.4, -0.2) is 29.8 Å². The van der Waals surface area contributed by atoms with Gasteiger partial charge >= 0.3 is 6.61 Å². The second-order valence-electron chi connectivity index (χ2n) is 6.65. The summed E-state index contributed by atoms with van der Waals surface area (Å²) in [7, 11) is 0. The van der Waals surface area contributed by atoms with E-state index in [2.05, 4.69) is 14.7 Å². The van der Waals surface area contributed by atoms with Crippen LogP contribution < -0.4 is 14.2 Å². The first-order valence-corrected chi connectivity index (χ1v) is 9.24. The minimum Gasteiger partial charge on any atom is -0.493 e. The Balaban J connectivity index is 1.63. The molecule has 0 N–H and O–H groups in total. The molecule has 3 aromatic rings. The number of oxazole rings is 1. The number of nitrogens with zero attached hydrogens (tertiary/aromatic N) is 2. The zero-order valence-electron chi connectivity index (χ0n) is 15.4. The number of alkyl halides is 2. The third kappa shape index (κ3) is 4.32. The second kappa shape index (κ2) is 8.00. The van der Waals surface area contributed by atoms with Gasteiger partial charge in [-0.05, 0) is 37.3 Å². The predicted molar refractivity (Wildman–Crippen MR) is 97.9 cm³/mol. The molecule has 1 aliphatic carbocycles. The highest BCUT2D eigenvalue weighted by Crippen LogP contribution is 2.37. The summed E-state index contributed by atoms with van der Waals surface area (Å²) in [6.07, 6.45) is 4.65. The van der Waals surface area contributed by atoms with E-state index in [0.29, 0.717) is 47.4 Å². The Kier molecular flexibility index (Phi) is 5.27. The van der Waals surface area contributed by atoms with Crippen molar-refractivity contribution in [3.05, 3.63) is 30.5 Å². The van der Waals surface area contributed by atoms with Gasteiger partial charge in [-0.2, -0.15) is 8.78 Å². The molecule has 0 saturated heterocycles. The Hall–Kier alpha value is -2.90. The number of hydrogen-bond acceptors (Lipinski definition) is 6. The molecule has 0 aliphatic heterocycles. The van der Waals surface area contributed by atoms with Crippen molar-refractivity contribution in [1.82, 2.24) is 9.97 Å². The molecule has 0 atom stereocenters. The van der Waals surface area contributed by atoms with Gasteiger partial charge < -0.3 is 18.6 Å². The highest BCUT2D eigenvalue weighted by atomic mass is 19.3. The number of rotatable bonds is 9. The molecular weight excluding hydrogens is 370 g/mol. The first-order valence-electron chi connectivity index (χ1n) is 9.24. The lowest BCUT2D eigenvalue weighted by Gasteiger charge is -2.11. The lowest BCUT2D eigenvalue weighted by molar-refractivity contribution is -0.0496. The molecule has 8 heteroatoms. The first kappa shape index (κ1) is 18.5. The summed E-state index contributed by atoms with van der Waals surface area (Å²) in [5.74, 6) is 1.55. The molecule has 1 saturated carbocycles. The summed E-state index contributed by atoms with van der Waals surface area (Å²) < 4.78 is 47.4. The van der Waals surface area contributed by atoms with Gasteiger partial charge in [-0.15, -0.1) is 0 Å². The Morgan fingerprint density at radius 2 is 2.07 bits per heavy atom. The zero-order valence-corrected chi connectivity index (χ0v) is 15.4. The van der Waals surface area contributed by atoms with Crippen molar-refractivity contribution < 1.29 is 27.4 Å². The van der Waals surface area contributed by atoms with E-state index in [1.54, 1.807) is 18.2 Å². The number of benzene rings is 1. The van der Waals surface area contributed by atoms with Crippen LogP contribution in [-0.2, 0) is 0 Å². The molecule has 0 spiro atoms. The largest absolute Gasteiger partial charge is 0.493 e. The summed E-state index contributed by atoms with van der Waals surface area (Å²) in [6, 6.07) is 6.36. The van der Waals surface area contributed by atoms with Gasteiger partial charge in [-0.3, -0.25) is 0 Å². The van der Waals surface area contributed by atoms with Crippen LogP contribution in [0.2, 0.25) is 0 Å². The van der Waals surface area contributed by atoms with Crippen molar-refractivity contribution in [2.24, 2.45) is 5.92 Å². The van der Waals surface area contributed by atoms with E-state index in [0.717, 1.165) is 19.3 Å². The average Bonchev–Trinajstić information content (AvgIpc) is 3.41. The fourth-order valence-corrected chi connectivity index (χ4v) is 2.68. The van der Waals surface area contributed by atoms with Crippen LogP contribution in [0.3, 0.4) is 0 Å². The first-order chi connectivity index (χ1) is 13.6. The summed E-state index contributed by atoms with van der Waals surface area (Å²) in [5.41, 5.74) is 1.26. The molecule has 0 radical (unpaired) electrons. The van der Waals surface area contributed by atoms with Crippen molar-refractivity contribution in [3.63, 3.8) is 0 Å². The molecule has 1 fully saturated rings. The number of halogens is 2. The van der Waals surface area contributed by atoms with Gasteiger partial charge in [-0.25, -0.2) is 9.97 Å². The fraction of sp³-hybridized carbons (Fsp3) is 0.400. The number of hydrogen-bond donors (Lipinski definition) is 0. The van der Waals surface area contributed by atoms with E-state index in [1.807, 2.05) is 6.92 Å². The Morgan fingerprint density at radius 1 is 1.21 bits per heavy atom. The van der Waals surface area contributed by atoms with Gasteiger partial charge in [0.1, 0.15) is 17.0 Å². The van der Waals surface area contributed by atoms with Crippen LogP contribution in [0.5, 0.6) is 17.4 Å². The highest BCUT2D eigenvalue weighted by molar-refractivity contribution is 5.77. The molecule has 6 nitrogen and oxygen atoms in total. The van der Waals surface area contributed by atoms with Gasteiger partial charge in [0.15, 0.2) is 5.58 Å². The molecule has 2 aromatic heterocycles. The Morgan fingerprint density at radius 3 is 2.82 bits per heavy atom. The summed E-state index contributed by atoms with van der Waals surface area (Å²) >= 11 is 0. The average molecular weight is 390 g/mol. The van der Waals surface area contributed by atoms with Crippen LogP contribution >= 0.6 is 0 Å². The zero-order chi connectivity index (χ0) is 19.5. The number of aromatic nitrogens is 2. The minimum absolute atomic E-state index is 0.0507. The lowest BCUT2D eigenvalue weighted by Crippen LogP contribution is -2.04. The van der Waals surface area contributed by atoms with Gasteiger partial charge in [0.2, 0.25) is 11.8 Å². The smallest absolute Gasteiger partial charge is 0.387 e. The normalized spacial score (nSPS) is 13.9. The van der Waals surface area contributed by atoms with E-state index < -0.39 is 6.61 Å². The standard InChI is InChI=1S/C20H20F2N2O4/c1-2-7-25-18-9-17-15(10-23-18)24-19(27-17)14-6-5-13(26-11-12-3-4-12)8-16(14)28-20(21)22/h5-6,8-10,12,20H,2-4,7,11H2,1H3. The molecule has 0 unspecified atom stereocenters. The monoisotopic (exact) mass is 390 g/mol. The molecule has 4 rings (SSSR count). The van der Waals surface area contributed by atoms with Crippen LogP contribution in [0, 0.1) is 5.92 Å². The lowest BCUT2D eigenvalue weighted by atomic mass is 10.2. The third-order valence-electron chi connectivity index (χ3n) is 4.29. The summed E-state index contributed by atoms with van der Waals surface area (Å²) in [6.45, 7) is 0.127. The fourth-order valence-electron chi connectivity index (χ4n) is 2.68. The third-order valence-corrected chi connectivity index (χ3v) is 4.29. The number of pyridine rings is 1. The van der Waals surface area contributed by atoms with Crippen LogP contribution in [0.4, 0.5) is 8.78 Å². The Labute approximate surface area is 160 Å². The molecule has 28 heavy (non-hydrogen) atoms.